The van der Waals surface area contributed by atoms with Gasteiger partial charge in [0.05, 0.1) is 5.92 Å². The molecule has 0 aliphatic heterocycles. The molecule has 0 saturated carbocycles. The van der Waals surface area contributed by atoms with Crippen molar-refractivity contribution in [2.45, 2.75) is 39.0 Å². The van der Waals surface area contributed by atoms with Crippen LogP contribution in [0.25, 0.3) is 0 Å². The van der Waals surface area contributed by atoms with E-state index in [-0.39, 0.29) is 0 Å². The highest BCUT2D eigenvalue weighted by molar-refractivity contribution is 9.10. The predicted molar refractivity (Wildman–Crippen MR) is 68.9 cm³/mol. The monoisotopic (exact) mass is 284 g/mol. The van der Waals surface area contributed by atoms with Crippen LogP contribution in [0.3, 0.4) is 0 Å². The van der Waals surface area contributed by atoms with E-state index in [1.165, 1.54) is 5.56 Å². The molecule has 2 unspecified atom stereocenters. The number of carboxylic acids is 1. The van der Waals surface area contributed by atoms with Gasteiger partial charge >= 0.3 is 5.97 Å². The minimum Gasteiger partial charge on any atom is -0.481 e. The van der Waals surface area contributed by atoms with Crippen LogP contribution in [-0.2, 0) is 4.79 Å². The maximum Gasteiger partial charge on any atom is 0.310 e. The number of halogens is 1. The second-order valence-electron chi connectivity index (χ2n) is 4.15. The van der Waals surface area contributed by atoms with E-state index in [0.29, 0.717) is 5.92 Å². The normalized spacial score (nSPS) is 14.5. The van der Waals surface area contributed by atoms with E-state index in [1.54, 1.807) is 6.92 Å². The number of benzene rings is 1. The maximum absolute atomic E-state index is 10.9. The Morgan fingerprint density at radius 1 is 1.44 bits per heavy atom. The molecule has 0 aromatic heterocycles. The number of aliphatic carboxylic acids is 1. The zero-order valence-corrected chi connectivity index (χ0v) is 11.4. The van der Waals surface area contributed by atoms with Crippen molar-refractivity contribution in [2.24, 2.45) is 0 Å². The van der Waals surface area contributed by atoms with Crippen molar-refractivity contribution in [2.75, 3.05) is 0 Å². The van der Waals surface area contributed by atoms with E-state index < -0.39 is 11.9 Å². The van der Waals surface area contributed by atoms with Crippen molar-refractivity contribution in [1.29, 1.82) is 0 Å². The first-order valence-electron chi connectivity index (χ1n) is 5.49. The summed E-state index contributed by atoms with van der Waals surface area (Å²) in [7, 11) is 0. The quantitative estimate of drug-likeness (QED) is 0.902. The van der Waals surface area contributed by atoms with Crippen LogP contribution in [0.4, 0.5) is 0 Å². The van der Waals surface area contributed by atoms with E-state index in [2.05, 4.69) is 29.8 Å². The lowest BCUT2D eigenvalue weighted by Crippen LogP contribution is -2.07. The molecule has 0 amide bonds. The molecule has 0 aliphatic rings. The summed E-state index contributed by atoms with van der Waals surface area (Å²) in [6.07, 6.45) is 1.08. The van der Waals surface area contributed by atoms with E-state index in [4.69, 9.17) is 5.11 Å². The van der Waals surface area contributed by atoms with Gasteiger partial charge in [0, 0.05) is 4.47 Å². The molecule has 1 rings (SSSR count). The summed E-state index contributed by atoms with van der Waals surface area (Å²) >= 11 is 3.51. The van der Waals surface area contributed by atoms with Crippen LogP contribution in [0.1, 0.15) is 50.2 Å². The van der Waals surface area contributed by atoms with Gasteiger partial charge in [0.2, 0.25) is 0 Å². The highest BCUT2D eigenvalue weighted by atomic mass is 79.9. The van der Waals surface area contributed by atoms with Crippen molar-refractivity contribution >= 4 is 21.9 Å². The Hall–Kier alpha value is -0.830. The summed E-state index contributed by atoms with van der Waals surface area (Å²) in [6.45, 7) is 6.01. The third-order valence-electron chi connectivity index (χ3n) is 3.04. The van der Waals surface area contributed by atoms with Gasteiger partial charge in [-0.15, -0.1) is 0 Å². The van der Waals surface area contributed by atoms with E-state index in [1.807, 2.05) is 18.2 Å². The number of hydrogen-bond donors (Lipinski definition) is 1. The van der Waals surface area contributed by atoms with Gasteiger partial charge in [-0.05, 0) is 36.5 Å². The van der Waals surface area contributed by atoms with Crippen molar-refractivity contribution in [3.63, 3.8) is 0 Å². The molecule has 3 heteroatoms. The average molecular weight is 285 g/mol. The summed E-state index contributed by atoms with van der Waals surface area (Å²) < 4.78 is 1.01. The Morgan fingerprint density at radius 3 is 2.50 bits per heavy atom. The molecule has 0 aliphatic carbocycles. The molecule has 0 fully saturated rings. The third-order valence-corrected chi connectivity index (χ3v) is 3.72. The van der Waals surface area contributed by atoms with Gasteiger partial charge < -0.3 is 5.11 Å². The Kier molecular flexibility index (Phi) is 4.54. The second kappa shape index (κ2) is 5.48. The first-order chi connectivity index (χ1) is 7.47. The summed E-state index contributed by atoms with van der Waals surface area (Å²) in [5.41, 5.74) is 2.08. The molecule has 1 N–H and O–H groups in total. The highest BCUT2D eigenvalue weighted by Gasteiger charge is 2.15. The third kappa shape index (κ3) is 2.85. The molecule has 0 saturated heterocycles. The predicted octanol–water partition coefficient (Wildman–Crippen LogP) is 4.15. The Balaban J connectivity index is 3.04. The number of rotatable bonds is 4. The Bertz CT molecular complexity index is 388. The van der Waals surface area contributed by atoms with Crippen LogP contribution in [-0.4, -0.2) is 11.1 Å². The van der Waals surface area contributed by atoms with Gasteiger partial charge in [-0.2, -0.15) is 0 Å². The van der Waals surface area contributed by atoms with Crippen LogP contribution < -0.4 is 0 Å². The molecule has 1 aromatic carbocycles. The summed E-state index contributed by atoms with van der Waals surface area (Å²) in [5.74, 6) is -0.756. The molecule has 16 heavy (non-hydrogen) atoms. The van der Waals surface area contributed by atoms with E-state index in [9.17, 15) is 4.79 Å². The van der Waals surface area contributed by atoms with Crippen LogP contribution in [0.2, 0.25) is 0 Å². The maximum atomic E-state index is 10.9. The first kappa shape index (κ1) is 13.2. The lowest BCUT2D eigenvalue weighted by Gasteiger charge is -2.14. The molecule has 0 spiro atoms. The van der Waals surface area contributed by atoms with Crippen molar-refractivity contribution in [3.8, 4) is 0 Å². The van der Waals surface area contributed by atoms with Crippen LogP contribution in [0, 0.1) is 0 Å². The van der Waals surface area contributed by atoms with Crippen LogP contribution in [0.5, 0.6) is 0 Å². The SMILES string of the molecule is CCC(C)c1ccc(C(C)C(=O)O)cc1Br. The largest absolute Gasteiger partial charge is 0.481 e. The molecule has 2 nitrogen and oxygen atoms in total. The van der Waals surface area contributed by atoms with Crippen LogP contribution >= 0.6 is 15.9 Å². The smallest absolute Gasteiger partial charge is 0.310 e. The van der Waals surface area contributed by atoms with E-state index >= 15 is 0 Å². The molecule has 0 radical (unpaired) electrons. The summed E-state index contributed by atoms with van der Waals surface area (Å²) in [4.78, 5) is 10.9. The zero-order valence-electron chi connectivity index (χ0n) is 9.83. The topological polar surface area (TPSA) is 37.3 Å². The van der Waals surface area contributed by atoms with E-state index in [0.717, 1.165) is 16.5 Å². The van der Waals surface area contributed by atoms with Crippen molar-refractivity contribution in [3.05, 3.63) is 33.8 Å². The van der Waals surface area contributed by atoms with Crippen LogP contribution in [0.15, 0.2) is 22.7 Å². The van der Waals surface area contributed by atoms with Crippen molar-refractivity contribution < 1.29 is 9.90 Å². The standard InChI is InChI=1S/C13H17BrO2/c1-4-8(2)11-6-5-10(7-12(11)14)9(3)13(15)16/h5-9H,4H2,1-3H3,(H,15,16). The molecule has 0 heterocycles. The zero-order chi connectivity index (χ0) is 12.3. The highest BCUT2D eigenvalue weighted by Crippen LogP contribution is 2.30. The van der Waals surface area contributed by atoms with Gasteiger partial charge in [0.1, 0.15) is 0 Å². The van der Waals surface area contributed by atoms with Gasteiger partial charge in [-0.25, -0.2) is 0 Å². The van der Waals surface area contributed by atoms with Gasteiger partial charge in [0.15, 0.2) is 0 Å². The molecular weight excluding hydrogens is 268 g/mol. The molecule has 2 atom stereocenters. The van der Waals surface area contributed by atoms with Gasteiger partial charge in [0.25, 0.3) is 0 Å². The fraction of sp³-hybridized carbons (Fsp3) is 0.462. The minimum absolute atomic E-state index is 0.456. The average Bonchev–Trinajstić information content (AvgIpc) is 2.26. The molecular formula is C13H17BrO2. The number of carboxylic acid groups (broad SMARTS) is 1. The summed E-state index contributed by atoms with van der Waals surface area (Å²) in [6, 6.07) is 5.85. The minimum atomic E-state index is -0.789. The summed E-state index contributed by atoms with van der Waals surface area (Å²) in [5, 5.41) is 8.94. The fourth-order valence-corrected chi connectivity index (χ4v) is 2.36. The number of hydrogen-bond acceptors (Lipinski definition) is 1. The Morgan fingerprint density at radius 2 is 2.06 bits per heavy atom. The number of carbonyl (C=O) groups is 1. The van der Waals surface area contributed by atoms with Crippen molar-refractivity contribution in [1.82, 2.24) is 0 Å². The molecule has 88 valence electrons. The van der Waals surface area contributed by atoms with Gasteiger partial charge in [-0.1, -0.05) is 41.9 Å². The first-order valence-corrected chi connectivity index (χ1v) is 6.28. The lowest BCUT2D eigenvalue weighted by molar-refractivity contribution is -0.138. The second-order valence-corrected chi connectivity index (χ2v) is 5.00. The molecule has 0 bridgehead atoms. The lowest BCUT2D eigenvalue weighted by atomic mass is 9.94. The van der Waals surface area contributed by atoms with Gasteiger partial charge in [-0.3, -0.25) is 4.79 Å². The molecule has 1 aromatic rings. The Labute approximate surface area is 105 Å². The fourth-order valence-electron chi connectivity index (χ4n) is 1.57.